The van der Waals surface area contributed by atoms with Crippen LogP contribution < -0.4 is 10.1 Å². The summed E-state index contributed by atoms with van der Waals surface area (Å²) < 4.78 is 6.26. The van der Waals surface area contributed by atoms with Crippen molar-refractivity contribution in [1.29, 1.82) is 0 Å². The van der Waals surface area contributed by atoms with Gasteiger partial charge in [0, 0.05) is 12.4 Å². The highest BCUT2D eigenvalue weighted by atomic mass is 79.9. The van der Waals surface area contributed by atoms with E-state index in [0.29, 0.717) is 0 Å². The minimum atomic E-state index is 0.167. The zero-order chi connectivity index (χ0) is 14.4. The Bertz CT molecular complexity index is 545. The van der Waals surface area contributed by atoms with Crippen LogP contribution in [-0.4, -0.2) is 18.6 Å². The Morgan fingerprint density at radius 1 is 1.20 bits per heavy atom. The van der Waals surface area contributed by atoms with E-state index in [1.54, 1.807) is 7.11 Å². The monoisotopic (exact) mass is 334 g/mol. The standard InChI is InChI=1S/C16H19BrN2O/c1-3-8-19-16(12-6-9-18-10-7-12)13-4-5-15(20-2)14(17)11-13/h4-7,9-11,16,19H,3,8H2,1-2H3. The van der Waals surface area contributed by atoms with E-state index in [0.717, 1.165) is 23.2 Å². The summed E-state index contributed by atoms with van der Waals surface area (Å²) in [6, 6.07) is 10.4. The fourth-order valence-electron chi connectivity index (χ4n) is 2.13. The van der Waals surface area contributed by atoms with Crippen LogP contribution in [-0.2, 0) is 0 Å². The number of hydrogen-bond acceptors (Lipinski definition) is 3. The molecule has 0 amide bonds. The maximum Gasteiger partial charge on any atom is 0.133 e. The number of methoxy groups -OCH3 is 1. The minimum absolute atomic E-state index is 0.167. The summed E-state index contributed by atoms with van der Waals surface area (Å²) in [5.41, 5.74) is 2.42. The maximum absolute atomic E-state index is 5.29. The topological polar surface area (TPSA) is 34.2 Å². The third-order valence-electron chi connectivity index (χ3n) is 3.15. The van der Waals surface area contributed by atoms with Gasteiger partial charge in [0.2, 0.25) is 0 Å². The molecule has 106 valence electrons. The maximum atomic E-state index is 5.29. The van der Waals surface area contributed by atoms with Gasteiger partial charge >= 0.3 is 0 Å². The number of ether oxygens (including phenoxy) is 1. The van der Waals surface area contributed by atoms with Crippen LogP contribution in [0.2, 0.25) is 0 Å². The van der Waals surface area contributed by atoms with E-state index in [2.05, 4.69) is 45.3 Å². The number of benzene rings is 1. The van der Waals surface area contributed by atoms with Crippen LogP contribution in [0.15, 0.2) is 47.2 Å². The Labute approximate surface area is 128 Å². The second-order valence-electron chi connectivity index (χ2n) is 4.56. The summed E-state index contributed by atoms with van der Waals surface area (Å²) in [5.74, 6) is 0.845. The molecule has 1 unspecified atom stereocenters. The highest BCUT2D eigenvalue weighted by molar-refractivity contribution is 9.10. The normalized spacial score (nSPS) is 12.2. The summed E-state index contributed by atoms with van der Waals surface area (Å²) in [6.45, 7) is 3.14. The molecular formula is C16H19BrN2O. The number of rotatable bonds is 6. The van der Waals surface area contributed by atoms with Crippen molar-refractivity contribution in [2.45, 2.75) is 19.4 Å². The fraction of sp³-hybridized carbons (Fsp3) is 0.312. The molecule has 1 heterocycles. The molecule has 2 aromatic rings. The molecule has 0 fully saturated rings. The molecule has 0 saturated carbocycles. The van der Waals surface area contributed by atoms with Gasteiger partial charge in [0.25, 0.3) is 0 Å². The van der Waals surface area contributed by atoms with E-state index in [1.807, 2.05) is 30.6 Å². The average Bonchev–Trinajstić information content (AvgIpc) is 2.49. The molecule has 0 radical (unpaired) electrons. The van der Waals surface area contributed by atoms with Crippen LogP contribution in [0.25, 0.3) is 0 Å². The molecule has 1 aromatic heterocycles. The van der Waals surface area contributed by atoms with Gasteiger partial charge in [-0.3, -0.25) is 4.98 Å². The molecule has 20 heavy (non-hydrogen) atoms. The molecule has 0 spiro atoms. The van der Waals surface area contributed by atoms with Gasteiger partial charge in [-0.05, 0) is 64.3 Å². The number of hydrogen-bond donors (Lipinski definition) is 1. The first-order valence-electron chi connectivity index (χ1n) is 6.73. The minimum Gasteiger partial charge on any atom is -0.496 e. The Kier molecular flexibility index (Phi) is 5.56. The van der Waals surface area contributed by atoms with Crippen molar-refractivity contribution in [3.05, 3.63) is 58.3 Å². The first kappa shape index (κ1) is 15.0. The van der Waals surface area contributed by atoms with Gasteiger partial charge in [-0.2, -0.15) is 0 Å². The lowest BCUT2D eigenvalue weighted by Crippen LogP contribution is -2.23. The van der Waals surface area contributed by atoms with Crippen molar-refractivity contribution >= 4 is 15.9 Å². The van der Waals surface area contributed by atoms with Crippen molar-refractivity contribution in [3.63, 3.8) is 0 Å². The van der Waals surface area contributed by atoms with Gasteiger partial charge in [-0.15, -0.1) is 0 Å². The van der Waals surface area contributed by atoms with Gasteiger partial charge in [0.15, 0.2) is 0 Å². The molecule has 1 aromatic carbocycles. The zero-order valence-corrected chi connectivity index (χ0v) is 13.4. The van der Waals surface area contributed by atoms with Crippen molar-refractivity contribution in [1.82, 2.24) is 10.3 Å². The highest BCUT2D eigenvalue weighted by Crippen LogP contribution is 2.30. The van der Waals surface area contributed by atoms with Gasteiger partial charge < -0.3 is 10.1 Å². The van der Waals surface area contributed by atoms with Crippen molar-refractivity contribution < 1.29 is 4.74 Å². The Hall–Kier alpha value is -1.39. The lowest BCUT2D eigenvalue weighted by atomic mass is 9.99. The number of aromatic nitrogens is 1. The molecule has 3 nitrogen and oxygen atoms in total. The van der Waals surface area contributed by atoms with Gasteiger partial charge in [-0.1, -0.05) is 13.0 Å². The number of pyridine rings is 1. The third kappa shape index (κ3) is 3.58. The van der Waals surface area contributed by atoms with E-state index in [9.17, 15) is 0 Å². The lowest BCUT2D eigenvalue weighted by Gasteiger charge is -2.20. The summed E-state index contributed by atoms with van der Waals surface area (Å²) in [6.07, 6.45) is 4.75. The number of nitrogens with zero attached hydrogens (tertiary/aromatic N) is 1. The average molecular weight is 335 g/mol. The van der Waals surface area contributed by atoms with Crippen LogP contribution in [0, 0.1) is 0 Å². The smallest absolute Gasteiger partial charge is 0.133 e. The van der Waals surface area contributed by atoms with Crippen LogP contribution in [0.5, 0.6) is 5.75 Å². The molecule has 0 aliphatic heterocycles. The molecule has 0 saturated heterocycles. The van der Waals surface area contributed by atoms with Crippen molar-refractivity contribution in [3.8, 4) is 5.75 Å². The lowest BCUT2D eigenvalue weighted by molar-refractivity contribution is 0.411. The predicted molar refractivity (Wildman–Crippen MR) is 85.1 cm³/mol. The van der Waals surface area contributed by atoms with E-state index < -0.39 is 0 Å². The first-order valence-corrected chi connectivity index (χ1v) is 7.52. The van der Waals surface area contributed by atoms with Crippen LogP contribution >= 0.6 is 15.9 Å². The van der Waals surface area contributed by atoms with E-state index in [1.165, 1.54) is 11.1 Å². The molecule has 0 aliphatic rings. The van der Waals surface area contributed by atoms with E-state index in [-0.39, 0.29) is 6.04 Å². The van der Waals surface area contributed by atoms with Gasteiger partial charge in [0.1, 0.15) is 5.75 Å². The van der Waals surface area contributed by atoms with Crippen molar-refractivity contribution in [2.24, 2.45) is 0 Å². The molecule has 1 atom stereocenters. The molecular weight excluding hydrogens is 316 g/mol. The summed E-state index contributed by atoms with van der Waals surface area (Å²) in [4.78, 5) is 4.09. The third-order valence-corrected chi connectivity index (χ3v) is 3.77. The Morgan fingerprint density at radius 2 is 1.95 bits per heavy atom. The van der Waals surface area contributed by atoms with Crippen LogP contribution in [0.3, 0.4) is 0 Å². The molecule has 4 heteroatoms. The SMILES string of the molecule is CCCNC(c1ccncc1)c1ccc(OC)c(Br)c1. The second-order valence-corrected chi connectivity index (χ2v) is 5.42. The molecule has 2 rings (SSSR count). The van der Waals surface area contributed by atoms with Crippen molar-refractivity contribution in [2.75, 3.05) is 13.7 Å². The second kappa shape index (κ2) is 7.41. The predicted octanol–water partition coefficient (Wildman–Crippen LogP) is 3.94. The zero-order valence-electron chi connectivity index (χ0n) is 11.8. The van der Waals surface area contributed by atoms with Gasteiger partial charge in [-0.25, -0.2) is 0 Å². The fourth-order valence-corrected chi connectivity index (χ4v) is 2.69. The largest absolute Gasteiger partial charge is 0.496 e. The van der Waals surface area contributed by atoms with Gasteiger partial charge in [0.05, 0.1) is 17.6 Å². The highest BCUT2D eigenvalue weighted by Gasteiger charge is 2.14. The van der Waals surface area contributed by atoms with Crippen LogP contribution in [0.4, 0.5) is 0 Å². The van der Waals surface area contributed by atoms with Crippen LogP contribution in [0.1, 0.15) is 30.5 Å². The quantitative estimate of drug-likeness (QED) is 0.868. The molecule has 0 aliphatic carbocycles. The Morgan fingerprint density at radius 3 is 2.55 bits per heavy atom. The molecule has 0 bridgehead atoms. The Balaban J connectivity index is 2.33. The number of halogens is 1. The summed E-state index contributed by atoms with van der Waals surface area (Å²) >= 11 is 3.55. The summed E-state index contributed by atoms with van der Waals surface area (Å²) in [7, 11) is 1.68. The first-order chi connectivity index (χ1) is 9.76. The molecule has 1 N–H and O–H groups in total. The van der Waals surface area contributed by atoms with E-state index in [4.69, 9.17) is 4.74 Å². The number of nitrogens with one attached hydrogen (secondary N) is 1. The summed E-state index contributed by atoms with van der Waals surface area (Å²) in [5, 5.41) is 3.58. The van der Waals surface area contributed by atoms with E-state index >= 15 is 0 Å².